The third-order valence-corrected chi connectivity index (χ3v) is 4.03. The molecule has 0 bridgehead atoms. The third-order valence-electron chi connectivity index (χ3n) is 2.51. The SMILES string of the molecule is N#CSc1nc(Nc2ccc(S(N)(=O)=O)cc2)ncc1[N+](=O)[O-]. The Kier molecular flexibility index (Phi) is 4.74. The van der Waals surface area contributed by atoms with Crippen molar-refractivity contribution in [2.24, 2.45) is 5.14 Å². The van der Waals surface area contributed by atoms with Gasteiger partial charge in [0.05, 0.1) is 9.82 Å². The molecular weight excluding hydrogens is 344 g/mol. The Balaban J connectivity index is 2.28. The molecule has 0 saturated heterocycles. The molecule has 0 spiro atoms. The van der Waals surface area contributed by atoms with Crippen LogP contribution >= 0.6 is 11.8 Å². The molecule has 0 aliphatic heterocycles. The summed E-state index contributed by atoms with van der Waals surface area (Å²) in [5.41, 5.74) is 0.0610. The van der Waals surface area contributed by atoms with Crippen LogP contribution in [-0.2, 0) is 10.0 Å². The molecule has 0 fully saturated rings. The van der Waals surface area contributed by atoms with Gasteiger partial charge in [0, 0.05) is 17.4 Å². The number of nitrogens with two attached hydrogens (primary N) is 1. The predicted octanol–water partition coefficient (Wildman–Crippen LogP) is 1.35. The lowest BCUT2D eigenvalue weighted by molar-refractivity contribution is -0.388. The van der Waals surface area contributed by atoms with Crippen LogP contribution in [0.1, 0.15) is 0 Å². The van der Waals surface area contributed by atoms with Crippen LogP contribution in [0.4, 0.5) is 17.3 Å². The van der Waals surface area contributed by atoms with Gasteiger partial charge in [-0.3, -0.25) is 10.1 Å². The molecule has 0 radical (unpaired) electrons. The van der Waals surface area contributed by atoms with Gasteiger partial charge in [-0.05, 0) is 24.3 Å². The number of rotatable bonds is 5. The number of nitrogens with zero attached hydrogens (tertiary/aromatic N) is 4. The highest BCUT2D eigenvalue weighted by atomic mass is 32.2. The number of primary sulfonamides is 1. The Morgan fingerprint density at radius 2 is 2.00 bits per heavy atom. The van der Waals surface area contributed by atoms with Crippen molar-refractivity contribution in [3.63, 3.8) is 0 Å². The lowest BCUT2D eigenvalue weighted by atomic mass is 10.3. The van der Waals surface area contributed by atoms with Crippen molar-refractivity contribution in [3.05, 3.63) is 40.6 Å². The number of anilines is 2. The van der Waals surface area contributed by atoms with Gasteiger partial charge in [0.1, 0.15) is 11.6 Å². The number of nitrogens with one attached hydrogen (secondary N) is 1. The van der Waals surface area contributed by atoms with Gasteiger partial charge in [-0.2, -0.15) is 10.2 Å². The van der Waals surface area contributed by atoms with E-state index in [1.807, 2.05) is 0 Å². The van der Waals surface area contributed by atoms with E-state index in [0.717, 1.165) is 6.20 Å². The van der Waals surface area contributed by atoms with E-state index in [0.29, 0.717) is 17.4 Å². The molecule has 2 rings (SSSR count). The van der Waals surface area contributed by atoms with Gasteiger partial charge in [-0.1, -0.05) is 0 Å². The second-order valence-electron chi connectivity index (χ2n) is 4.03. The van der Waals surface area contributed by atoms with E-state index in [1.165, 1.54) is 24.3 Å². The van der Waals surface area contributed by atoms with Crippen LogP contribution < -0.4 is 10.5 Å². The van der Waals surface area contributed by atoms with Crippen LogP contribution in [0.2, 0.25) is 0 Å². The zero-order valence-electron chi connectivity index (χ0n) is 11.2. The minimum Gasteiger partial charge on any atom is -0.324 e. The third kappa shape index (κ3) is 4.13. The minimum absolute atomic E-state index is 0.0247. The highest BCUT2D eigenvalue weighted by molar-refractivity contribution is 8.03. The summed E-state index contributed by atoms with van der Waals surface area (Å²) in [6, 6.07) is 5.44. The Labute approximate surface area is 134 Å². The normalized spacial score (nSPS) is 10.8. The van der Waals surface area contributed by atoms with Gasteiger partial charge in [-0.15, -0.1) is 0 Å². The molecule has 0 atom stereocenters. The maximum atomic E-state index is 11.2. The van der Waals surface area contributed by atoms with Crippen LogP contribution in [0.15, 0.2) is 40.4 Å². The standard InChI is InChI=1S/C11H8N6O4S2/c12-6-22-10-9(17(18)19)5-14-11(16-10)15-7-1-3-8(4-2-7)23(13,20)21/h1-5H,(H2,13,20,21)(H,14,15,16). The van der Waals surface area contributed by atoms with Gasteiger partial charge in [0.15, 0.2) is 5.03 Å². The fourth-order valence-electron chi connectivity index (χ4n) is 1.52. The molecule has 1 heterocycles. The number of thioether (sulfide) groups is 1. The first-order valence-electron chi connectivity index (χ1n) is 5.78. The van der Waals surface area contributed by atoms with E-state index < -0.39 is 14.9 Å². The summed E-state index contributed by atoms with van der Waals surface area (Å²) in [4.78, 5) is 17.7. The van der Waals surface area contributed by atoms with E-state index in [2.05, 4.69) is 15.3 Å². The van der Waals surface area contributed by atoms with Crippen LogP contribution in [0.25, 0.3) is 0 Å². The van der Waals surface area contributed by atoms with Crippen molar-refractivity contribution in [2.45, 2.75) is 9.92 Å². The van der Waals surface area contributed by atoms with Crippen molar-refractivity contribution in [3.8, 4) is 5.40 Å². The van der Waals surface area contributed by atoms with E-state index in [-0.39, 0.29) is 21.6 Å². The molecule has 0 aliphatic rings. The molecule has 1 aromatic carbocycles. The van der Waals surface area contributed by atoms with Crippen molar-refractivity contribution in [1.82, 2.24) is 9.97 Å². The fraction of sp³-hybridized carbons (Fsp3) is 0. The van der Waals surface area contributed by atoms with E-state index >= 15 is 0 Å². The Morgan fingerprint density at radius 1 is 1.35 bits per heavy atom. The second-order valence-corrected chi connectivity index (χ2v) is 6.36. The number of nitro groups is 1. The van der Waals surface area contributed by atoms with Crippen molar-refractivity contribution in [1.29, 1.82) is 5.26 Å². The number of hydrogen-bond acceptors (Lipinski definition) is 9. The molecule has 0 aliphatic carbocycles. The number of nitriles is 1. The summed E-state index contributed by atoms with van der Waals surface area (Å²) in [5.74, 6) is 0.0247. The Hall–Kier alpha value is -2.75. The van der Waals surface area contributed by atoms with Crippen molar-refractivity contribution >= 4 is 39.1 Å². The first kappa shape index (κ1) is 16.6. The fourth-order valence-corrected chi connectivity index (χ4v) is 2.49. The highest BCUT2D eigenvalue weighted by Gasteiger charge is 2.18. The molecule has 0 unspecified atom stereocenters. The molecule has 1 aromatic heterocycles. The lowest BCUT2D eigenvalue weighted by Gasteiger charge is -2.06. The van der Waals surface area contributed by atoms with Gasteiger partial charge in [0.2, 0.25) is 16.0 Å². The molecular formula is C11H8N6O4S2. The predicted molar refractivity (Wildman–Crippen MR) is 81.3 cm³/mol. The van der Waals surface area contributed by atoms with Crippen LogP contribution in [0.5, 0.6) is 0 Å². The number of aromatic nitrogens is 2. The lowest BCUT2D eigenvalue weighted by Crippen LogP contribution is -2.11. The topological polar surface area (TPSA) is 165 Å². The van der Waals surface area contributed by atoms with Crippen LogP contribution in [-0.4, -0.2) is 23.3 Å². The summed E-state index contributed by atoms with van der Waals surface area (Å²) < 4.78 is 22.3. The maximum absolute atomic E-state index is 11.2. The van der Waals surface area contributed by atoms with Gasteiger partial charge >= 0.3 is 5.69 Å². The number of hydrogen-bond donors (Lipinski definition) is 2. The van der Waals surface area contributed by atoms with Gasteiger partial charge in [0.25, 0.3) is 0 Å². The van der Waals surface area contributed by atoms with E-state index in [4.69, 9.17) is 10.4 Å². The van der Waals surface area contributed by atoms with Crippen LogP contribution in [0, 0.1) is 20.8 Å². The van der Waals surface area contributed by atoms with Crippen molar-refractivity contribution in [2.75, 3.05) is 5.32 Å². The quantitative estimate of drug-likeness (QED) is 0.265. The van der Waals surface area contributed by atoms with Gasteiger partial charge < -0.3 is 5.32 Å². The smallest absolute Gasteiger partial charge is 0.320 e. The number of thiocyanates is 1. The summed E-state index contributed by atoms with van der Waals surface area (Å²) >= 11 is 0.538. The molecule has 0 saturated carbocycles. The summed E-state index contributed by atoms with van der Waals surface area (Å²) in [7, 11) is -3.80. The highest BCUT2D eigenvalue weighted by Crippen LogP contribution is 2.27. The number of sulfonamides is 1. The van der Waals surface area contributed by atoms with E-state index in [1.54, 1.807) is 5.40 Å². The average Bonchev–Trinajstić information content (AvgIpc) is 2.47. The minimum atomic E-state index is -3.80. The molecule has 118 valence electrons. The van der Waals surface area contributed by atoms with E-state index in [9.17, 15) is 18.5 Å². The molecule has 12 heteroatoms. The van der Waals surface area contributed by atoms with Crippen molar-refractivity contribution < 1.29 is 13.3 Å². The zero-order valence-corrected chi connectivity index (χ0v) is 12.8. The zero-order chi connectivity index (χ0) is 17.0. The average molecular weight is 352 g/mol. The molecule has 0 amide bonds. The summed E-state index contributed by atoms with van der Waals surface area (Å²) in [6.45, 7) is 0. The molecule has 2 aromatic rings. The van der Waals surface area contributed by atoms with Crippen LogP contribution in [0.3, 0.4) is 0 Å². The molecule has 23 heavy (non-hydrogen) atoms. The molecule has 3 N–H and O–H groups in total. The Morgan fingerprint density at radius 3 is 2.52 bits per heavy atom. The Bertz CT molecular complexity index is 892. The largest absolute Gasteiger partial charge is 0.324 e. The number of benzene rings is 1. The van der Waals surface area contributed by atoms with Gasteiger partial charge in [-0.25, -0.2) is 18.5 Å². The first-order chi connectivity index (χ1) is 10.8. The molecule has 10 nitrogen and oxygen atoms in total. The second kappa shape index (κ2) is 6.57. The maximum Gasteiger partial charge on any atom is 0.320 e. The summed E-state index contributed by atoms with van der Waals surface area (Å²) in [6.07, 6.45) is 0.980. The summed E-state index contributed by atoms with van der Waals surface area (Å²) in [5, 5.41) is 28.8. The first-order valence-corrected chi connectivity index (χ1v) is 8.15. The monoisotopic (exact) mass is 352 g/mol.